The van der Waals surface area contributed by atoms with Crippen molar-refractivity contribution in [1.82, 2.24) is 8.96 Å². The van der Waals surface area contributed by atoms with Gasteiger partial charge in [0.25, 0.3) is 10.0 Å². The Hall–Kier alpha value is -2.34. The van der Waals surface area contributed by atoms with Crippen molar-refractivity contribution in [2.24, 2.45) is 0 Å². The number of aryl methyl sites for hydroxylation is 2. The van der Waals surface area contributed by atoms with Gasteiger partial charge in [-0.1, -0.05) is 30.5 Å². The van der Waals surface area contributed by atoms with Gasteiger partial charge in [-0.2, -0.15) is 0 Å². The Labute approximate surface area is 166 Å². The maximum atomic E-state index is 13.2. The molecule has 0 N–H and O–H groups in total. The lowest BCUT2D eigenvalue weighted by Gasteiger charge is -2.36. The number of pyridine rings is 1. The quantitative estimate of drug-likeness (QED) is 0.664. The maximum absolute atomic E-state index is 13.2. The first-order valence-electron chi connectivity index (χ1n) is 10.1. The third-order valence-corrected chi connectivity index (χ3v) is 7.88. The molecule has 2 aliphatic rings. The van der Waals surface area contributed by atoms with Gasteiger partial charge < -0.3 is 4.90 Å². The Balaban J connectivity index is 1.66. The molecule has 0 unspecified atom stereocenters. The van der Waals surface area contributed by atoms with Crippen LogP contribution in [0.2, 0.25) is 0 Å². The molecule has 2 aromatic heterocycles. The van der Waals surface area contributed by atoms with E-state index in [-0.39, 0.29) is 0 Å². The second kappa shape index (κ2) is 6.62. The minimum Gasteiger partial charge on any atom is -0.368 e. The SMILES string of the molecule is Cc1ccc(S(=O)(=O)n2ccc3c4c(cnc32)CCCN4C2CCCC2)cc1. The lowest BCUT2D eigenvalue weighted by atomic mass is 9.99. The molecule has 3 heterocycles. The number of anilines is 1. The Morgan fingerprint density at radius 2 is 1.79 bits per heavy atom. The fraction of sp³-hybridized carbons (Fsp3) is 0.409. The van der Waals surface area contributed by atoms with Crippen LogP contribution in [-0.2, 0) is 16.4 Å². The van der Waals surface area contributed by atoms with Crippen molar-refractivity contribution in [3.63, 3.8) is 0 Å². The van der Waals surface area contributed by atoms with Crippen LogP contribution in [0.25, 0.3) is 11.0 Å². The van der Waals surface area contributed by atoms with Crippen molar-refractivity contribution in [3.8, 4) is 0 Å². The number of rotatable bonds is 3. The van der Waals surface area contributed by atoms with Crippen molar-refractivity contribution in [2.75, 3.05) is 11.4 Å². The van der Waals surface area contributed by atoms with Crippen LogP contribution in [0.15, 0.2) is 47.6 Å². The molecule has 0 amide bonds. The second-order valence-electron chi connectivity index (χ2n) is 8.03. The van der Waals surface area contributed by atoms with E-state index >= 15 is 0 Å². The largest absolute Gasteiger partial charge is 0.368 e. The number of aromatic nitrogens is 2. The summed E-state index contributed by atoms with van der Waals surface area (Å²) in [6.07, 6.45) is 10.7. The standard InChI is InChI=1S/C22H25N3O2S/c1-16-8-10-19(11-9-16)28(26,27)25-14-12-20-21-17(15-23-22(20)25)5-4-13-24(21)18-6-2-3-7-18/h8-12,14-15,18H,2-7,13H2,1H3. The first-order valence-corrected chi connectivity index (χ1v) is 11.6. The molecule has 1 aliphatic heterocycles. The molecule has 1 fully saturated rings. The van der Waals surface area contributed by atoms with E-state index in [0.29, 0.717) is 16.6 Å². The molecule has 1 aliphatic carbocycles. The van der Waals surface area contributed by atoms with Crippen LogP contribution in [-0.4, -0.2) is 30.0 Å². The summed E-state index contributed by atoms with van der Waals surface area (Å²) in [5.74, 6) is 0. The van der Waals surface area contributed by atoms with E-state index < -0.39 is 10.0 Å². The molecule has 28 heavy (non-hydrogen) atoms. The van der Waals surface area contributed by atoms with E-state index in [2.05, 4.69) is 9.88 Å². The highest BCUT2D eigenvalue weighted by atomic mass is 32.2. The summed E-state index contributed by atoms with van der Waals surface area (Å²) in [6, 6.07) is 9.49. The summed E-state index contributed by atoms with van der Waals surface area (Å²) >= 11 is 0. The zero-order chi connectivity index (χ0) is 19.3. The summed E-state index contributed by atoms with van der Waals surface area (Å²) in [4.78, 5) is 7.40. The lowest BCUT2D eigenvalue weighted by Crippen LogP contribution is -2.37. The molecule has 0 spiro atoms. The third-order valence-electron chi connectivity index (χ3n) is 6.20. The van der Waals surface area contributed by atoms with Gasteiger partial charge in [0.1, 0.15) is 0 Å². The predicted octanol–water partition coefficient (Wildman–Crippen LogP) is 4.28. The Bertz CT molecular complexity index is 1130. The summed E-state index contributed by atoms with van der Waals surface area (Å²) in [7, 11) is -3.67. The van der Waals surface area contributed by atoms with Gasteiger partial charge >= 0.3 is 0 Å². The molecule has 1 aromatic carbocycles. The van der Waals surface area contributed by atoms with Gasteiger partial charge in [0.15, 0.2) is 5.65 Å². The Kier molecular flexibility index (Phi) is 4.19. The molecule has 3 aromatic rings. The molecule has 5 nitrogen and oxygen atoms in total. The molecule has 0 bridgehead atoms. The lowest BCUT2D eigenvalue weighted by molar-refractivity contribution is 0.573. The van der Waals surface area contributed by atoms with Crippen LogP contribution in [0, 0.1) is 6.92 Å². The van der Waals surface area contributed by atoms with Crippen molar-refractivity contribution in [1.29, 1.82) is 0 Å². The average Bonchev–Trinajstić information content (AvgIpc) is 3.38. The van der Waals surface area contributed by atoms with Crippen molar-refractivity contribution in [3.05, 3.63) is 53.9 Å². The number of hydrogen-bond donors (Lipinski definition) is 0. The maximum Gasteiger partial charge on any atom is 0.269 e. The number of hydrogen-bond acceptors (Lipinski definition) is 4. The van der Waals surface area contributed by atoms with E-state index in [4.69, 9.17) is 0 Å². The van der Waals surface area contributed by atoms with Crippen LogP contribution in [0.4, 0.5) is 5.69 Å². The molecule has 6 heteroatoms. The molecule has 5 rings (SSSR count). The van der Waals surface area contributed by atoms with Crippen LogP contribution >= 0.6 is 0 Å². The van der Waals surface area contributed by atoms with E-state index in [1.807, 2.05) is 31.3 Å². The van der Waals surface area contributed by atoms with Crippen LogP contribution in [0.1, 0.15) is 43.2 Å². The molecule has 1 saturated carbocycles. The van der Waals surface area contributed by atoms with E-state index in [9.17, 15) is 8.42 Å². The Morgan fingerprint density at radius 1 is 1.04 bits per heavy atom. The Morgan fingerprint density at radius 3 is 2.54 bits per heavy atom. The average molecular weight is 396 g/mol. The topological polar surface area (TPSA) is 55.2 Å². The van der Waals surface area contributed by atoms with Gasteiger partial charge in [-0.05, 0) is 56.4 Å². The van der Waals surface area contributed by atoms with Crippen LogP contribution in [0.5, 0.6) is 0 Å². The number of benzene rings is 1. The zero-order valence-corrected chi connectivity index (χ0v) is 17.0. The molecular formula is C22H25N3O2S. The molecule has 0 atom stereocenters. The molecular weight excluding hydrogens is 370 g/mol. The summed E-state index contributed by atoms with van der Waals surface area (Å²) in [5.41, 5.74) is 4.03. The van der Waals surface area contributed by atoms with Gasteiger partial charge in [-0.15, -0.1) is 0 Å². The van der Waals surface area contributed by atoms with Crippen molar-refractivity contribution < 1.29 is 8.42 Å². The fourth-order valence-electron chi connectivity index (χ4n) is 4.76. The van der Waals surface area contributed by atoms with Crippen LogP contribution in [0.3, 0.4) is 0 Å². The molecule has 146 valence electrons. The van der Waals surface area contributed by atoms with Gasteiger partial charge in [-0.25, -0.2) is 17.4 Å². The third kappa shape index (κ3) is 2.73. The van der Waals surface area contributed by atoms with Gasteiger partial charge in [0.05, 0.1) is 10.6 Å². The first-order chi connectivity index (χ1) is 13.6. The normalized spacial score (nSPS) is 18.0. The molecule has 0 saturated heterocycles. The second-order valence-corrected chi connectivity index (χ2v) is 9.85. The first kappa shape index (κ1) is 17.7. The smallest absolute Gasteiger partial charge is 0.269 e. The van der Waals surface area contributed by atoms with Gasteiger partial charge in [0.2, 0.25) is 0 Å². The highest BCUT2D eigenvalue weighted by Crippen LogP contribution is 2.39. The highest BCUT2D eigenvalue weighted by molar-refractivity contribution is 7.90. The molecule has 0 radical (unpaired) electrons. The number of fused-ring (bicyclic) bond motifs is 3. The minimum absolute atomic E-state index is 0.294. The summed E-state index contributed by atoms with van der Waals surface area (Å²) in [5, 5.41) is 0.958. The predicted molar refractivity (Wildman–Crippen MR) is 111 cm³/mol. The monoisotopic (exact) mass is 395 g/mol. The minimum atomic E-state index is -3.67. The zero-order valence-electron chi connectivity index (χ0n) is 16.1. The van der Waals surface area contributed by atoms with Gasteiger partial charge in [0, 0.05) is 30.4 Å². The van der Waals surface area contributed by atoms with E-state index in [1.165, 1.54) is 40.9 Å². The van der Waals surface area contributed by atoms with Crippen molar-refractivity contribution >= 4 is 26.7 Å². The van der Waals surface area contributed by atoms with E-state index in [0.717, 1.165) is 30.3 Å². The number of nitrogens with zero attached hydrogens (tertiary/aromatic N) is 3. The van der Waals surface area contributed by atoms with Crippen LogP contribution < -0.4 is 4.90 Å². The fourth-order valence-corrected chi connectivity index (χ4v) is 6.06. The summed E-state index contributed by atoms with van der Waals surface area (Å²) in [6.45, 7) is 3.00. The highest BCUT2D eigenvalue weighted by Gasteiger charge is 2.30. The van der Waals surface area contributed by atoms with Crippen molar-refractivity contribution in [2.45, 2.75) is 56.4 Å². The van der Waals surface area contributed by atoms with Gasteiger partial charge in [-0.3, -0.25) is 0 Å². The van der Waals surface area contributed by atoms with E-state index in [1.54, 1.807) is 18.3 Å². The summed E-state index contributed by atoms with van der Waals surface area (Å²) < 4.78 is 27.8.